The largest absolute Gasteiger partial charge is 0.307 e. The lowest BCUT2D eigenvalue weighted by Crippen LogP contribution is -2.41. The molecule has 100 valence electrons. The Balaban J connectivity index is 1.55. The molecule has 1 nitrogen and oxygen atoms in total. The normalized spacial score (nSPS) is 23.9. The number of thiophene rings is 1. The SMILES string of the molecule is Cc1ccccc1C1CC(NC(C)c2cccs2)C1. The van der Waals surface area contributed by atoms with E-state index in [1.54, 1.807) is 5.56 Å². The van der Waals surface area contributed by atoms with Crippen molar-refractivity contribution < 1.29 is 0 Å². The van der Waals surface area contributed by atoms with Gasteiger partial charge in [-0.3, -0.25) is 0 Å². The molecule has 1 atom stereocenters. The highest BCUT2D eigenvalue weighted by atomic mass is 32.1. The summed E-state index contributed by atoms with van der Waals surface area (Å²) in [5.74, 6) is 0.759. The van der Waals surface area contributed by atoms with Crippen LogP contribution in [0.1, 0.15) is 47.7 Å². The van der Waals surface area contributed by atoms with E-state index in [1.165, 1.54) is 23.3 Å². The predicted octanol–water partition coefficient (Wildman–Crippen LogP) is 4.65. The first-order valence-corrected chi connectivity index (χ1v) is 7.97. The van der Waals surface area contributed by atoms with Crippen molar-refractivity contribution >= 4 is 11.3 Å². The molecule has 1 aliphatic rings. The minimum absolute atomic E-state index is 0.489. The third-order valence-electron chi connectivity index (χ3n) is 4.22. The van der Waals surface area contributed by atoms with Crippen molar-refractivity contribution in [2.75, 3.05) is 0 Å². The first-order chi connectivity index (χ1) is 9.24. The molecule has 0 saturated heterocycles. The van der Waals surface area contributed by atoms with Gasteiger partial charge in [0.25, 0.3) is 0 Å². The van der Waals surface area contributed by atoms with Gasteiger partial charge in [-0.2, -0.15) is 0 Å². The van der Waals surface area contributed by atoms with Crippen LogP contribution in [-0.2, 0) is 0 Å². The number of aryl methyl sites for hydroxylation is 1. The highest BCUT2D eigenvalue weighted by Gasteiger charge is 2.31. The molecule has 3 rings (SSSR count). The van der Waals surface area contributed by atoms with E-state index >= 15 is 0 Å². The van der Waals surface area contributed by atoms with Gasteiger partial charge >= 0.3 is 0 Å². The van der Waals surface area contributed by atoms with Gasteiger partial charge in [-0.25, -0.2) is 0 Å². The molecule has 0 aliphatic heterocycles. The van der Waals surface area contributed by atoms with Crippen molar-refractivity contribution in [2.24, 2.45) is 0 Å². The Labute approximate surface area is 119 Å². The van der Waals surface area contributed by atoms with Gasteiger partial charge in [-0.1, -0.05) is 30.3 Å². The minimum atomic E-state index is 0.489. The summed E-state index contributed by atoms with van der Waals surface area (Å²) in [6, 6.07) is 14.3. The van der Waals surface area contributed by atoms with Crippen LogP contribution >= 0.6 is 11.3 Å². The quantitative estimate of drug-likeness (QED) is 0.853. The first-order valence-electron chi connectivity index (χ1n) is 7.09. The average Bonchev–Trinajstić information content (AvgIpc) is 2.88. The average molecular weight is 271 g/mol. The van der Waals surface area contributed by atoms with Gasteiger partial charge < -0.3 is 5.32 Å². The summed E-state index contributed by atoms with van der Waals surface area (Å²) in [6.07, 6.45) is 2.56. The standard InChI is InChI=1S/C17H21NS/c1-12-6-3-4-7-16(12)14-10-15(11-14)18-13(2)17-8-5-9-19-17/h3-9,13-15,18H,10-11H2,1-2H3. The highest BCUT2D eigenvalue weighted by Crippen LogP contribution is 2.39. The zero-order valence-electron chi connectivity index (χ0n) is 11.6. The maximum absolute atomic E-state index is 3.75. The second-order valence-electron chi connectivity index (χ2n) is 5.63. The maximum Gasteiger partial charge on any atom is 0.0388 e. The Morgan fingerprint density at radius 3 is 2.63 bits per heavy atom. The number of rotatable bonds is 4. The van der Waals surface area contributed by atoms with Crippen molar-refractivity contribution in [1.29, 1.82) is 0 Å². The molecule has 1 aliphatic carbocycles. The molecule has 1 fully saturated rings. The van der Waals surface area contributed by atoms with E-state index in [0.717, 1.165) is 5.92 Å². The van der Waals surface area contributed by atoms with Crippen molar-refractivity contribution in [3.05, 3.63) is 57.8 Å². The third-order valence-corrected chi connectivity index (χ3v) is 5.28. The molecule has 19 heavy (non-hydrogen) atoms. The van der Waals surface area contributed by atoms with Gasteiger partial charge in [0.2, 0.25) is 0 Å². The first kappa shape index (κ1) is 12.9. The molecule has 1 unspecified atom stereocenters. The second-order valence-corrected chi connectivity index (χ2v) is 6.60. The van der Waals surface area contributed by atoms with Crippen LogP contribution in [0.3, 0.4) is 0 Å². The fourth-order valence-corrected chi connectivity index (χ4v) is 3.77. The minimum Gasteiger partial charge on any atom is -0.307 e. The predicted molar refractivity (Wildman–Crippen MR) is 82.8 cm³/mol. The number of benzene rings is 1. The zero-order valence-corrected chi connectivity index (χ0v) is 12.4. The highest BCUT2D eigenvalue weighted by molar-refractivity contribution is 7.10. The smallest absolute Gasteiger partial charge is 0.0388 e. The van der Waals surface area contributed by atoms with E-state index in [9.17, 15) is 0 Å². The molecule has 0 amide bonds. The number of hydrogen-bond acceptors (Lipinski definition) is 2. The Morgan fingerprint density at radius 2 is 1.95 bits per heavy atom. The van der Waals surface area contributed by atoms with E-state index in [2.05, 4.69) is 60.9 Å². The lowest BCUT2D eigenvalue weighted by molar-refractivity contribution is 0.271. The van der Waals surface area contributed by atoms with Crippen molar-refractivity contribution in [3.63, 3.8) is 0 Å². The van der Waals surface area contributed by atoms with Crippen LogP contribution in [0.4, 0.5) is 0 Å². The van der Waals surface area contributed by atoms with E-state index in [1.807, 2.05) is 11.3 Å². The number of nitrogens with one attached hydrogen (secondary N) is 1. The van der Waals surface area contributed by atoms with Crippen LogP contribution in [0.25, 0.3) is 0 Å². The second kappa shape index (κ2) is 5.48. The third kappa shape index (κ3) is 2.75. The molecular formula is C17H21NS. The van der Waals surface area contributed by atoms with Crippen molar-refractivity contribution in [2.45, 2.75) is 44.7 Å². The van der Waals surface area contributed by atoms with Gasteiger partial charge in [0.05, 0.1) is 0 Å². The molecule has 0 radical (unpaired) electrons. The van der Waals surface area contributed by atoms with Crippen molar-refractivity contribution in [3.8, 4) is 0 Å². The molecule has 2 heteroatoms. The van der Waals surface area contributed by atoms with Gasteiger partial charge in [-0.05, 0) is 55.2 Å². The fraction of sp³-hybridized carbons (Fsp3) is 0.412. The van der Waals surface area contributed by atoms with Crippen LogP contribution in [-0.4, -0.2) is 6.04 Å². The summed E-state index contributed by atoms with van der Waals surface area (Å²) in [4.78, 5) is 1.44. The number of hydrogen-bond donors (Lipinski definition) is 1. The van der Waals surface area contributed by atoms with Gasteiger partial charge in [0.1, 0.15) is 0 Å². The summed E-state index contributed by atoms with van der Waals surface area (Å²) >= 11 is 1.84. The fourth-order valence-electron chi connectivity index (χ4n) is 3.03. The topological polar surface area (TPSA) is 12.0 Å². The Morgan fingerprint density at radius 1 is 1.16 bits per heavy atom. The van der Waals surface area contributed by atoms with Crippen LogP contribution in [0.5, 0.6) is 0 Å². The Bertz CT molecular complexity index is 526. The van der Waals surface area contributed by atoms with Crippen molar-refractivity contribution in [1.82, 2.24) is 5.32 Å². The molecular weight excluding hydrogens is 250 g/mol. The van der Waals surface area contributed by atoms with E-state index in [4.69, 9.17) is 0 Å². The zero-order chi connectivity index (χ0) is 13.2. The molecule has 1 heterocycles. The molecule has 2 aromatic rings. The molecule has 1 saturated carbocycles. The molecule has 0 spiro atoms. The van der Waals surface area contributed by atoms with Gasteiger partial charge in [0.15, 0.2) is 0 Å². The summed E-state index contributed by atoms with van der Waals surface area (Å²) < 4.78 is 0. The monoisotopic (exact) mass is 271 g/mol. The summed E-state index contributed by atoms with van der Waals surface area (Å²) in [6.45, 7) is 4.50. The maximum atomic E-state index is 3.75. The Hall–Kier alpha value is -1.12. The molecule has 1 N–H and O–H groups in total. The lowest BCUT2D eigenvalue weighted by Gasteiger charge is -2.38. The van der Waals surface area contributed by atoms with E-state index in [0.29, 0.717) is 12.1 Å². The van der Waals surface area contributed by atoms with E-state index in [-0.39, 0.29) is 0 Å². The van der Waals surface area contributed by atoms with Gasteiger partial charge in [-0.15, -0.1) is 11.3 Å². The molecule has 0 bridgehead atoms. The molecule has 1 aromatic carbocycles. The van der Waals surface area contributed by atoms with E-state index < -0.39 is 0 Å². The lowest BCUT2D eigenvalue weighted by atomic mass is 9.74. The molecule has 1 aromatic heterocycles. The van der Waals surface area contributed by atoms with Crippen LogP contribution in [0.2, 0.25) is 0 Å². The van der Waals surface area contributed by atoms with Crippen LogP contribution < -0.4 is 5.32 Å². The summed E-state index contributed by atoms with van der Waals surface area (Å²) in [5.41, 5.74) is 2.99. The van der Waals surface area contributed by atoms with Gasteiger partial charge in [0, 0.05) is 17.0 Å². The summed E-state index contributed by atoms with van der Waals surface area (Å²) in [5, 5.41) is 5.91. The summed E-state index contributed by atoms with van der Waals surface area (Å²) in [7, 11) is 0. The Kier molecular flexibility index (Phi) is 3.72. The van der Waals surface area contributed by atoms with Crippen LogP contribution in [0, 0.1) is 6.92 Å². The van der Waals surface area contributed by atoms with Crippen LogP contribution in [0.15, 0.2) is 41.8 Å².